The number of hydrogen-bond donors (Lipinski definition) is 3. The van der Waals surface area contributed by atoms with E-state index in [9.17, 15) is 14.4 Å². The Morgan fingerprint density at radius 3 is 2.45 bits per heavy atom. The van der Waals surface area contributed by atoms with Crippen LogP contribution >= 0.6 is 0 Å². The molecule has 7 heteroatoms. The summed E-state index contributed by atoms with van der Waals surface area (Å²) in [6.45, 7) is 0.0691. The van der Waals surface area contributed by atoms with Crippen molar-refractivity contribution < 1.29 is 24.2 Å². The van der Waals surface area contributed by atoms with Gasteiger partial charge in [-0.1, -0.05) is 30.3 Å². The van der Waals surface area contributed by atoms with Gasteiger partial charge in [0.1, 0.15) is 0 Å². The Labute approximate surface area is 115 Å². The number of hydrogen-bond acceptors (Lipinski definition) is 4. The van der Waals surface area contributed by atoms with Crippen LogP contribution in [0.15, 0.2) is 30.3 Å². The molecule has 0 fully saturated rings. The molecule has 1 aromatic carbocycles. The van der Waals surface area contributed by atoms with E-state index in [1.807, 2.05) is 0 Å². The molecule has 0 heterocycles. The minimum Gasteiger partial charge on any atom is -0.479 e. The number of methoxy groups -OCH3 is 1. The average Bonchev–Trinajstić information content (AvgIpc) is 2.45. The van der Waals surface area contributed by atoms with Gasteiger partial charge in [-0.2, -0.15) is 0 Å². The van der Waals surface area contributed by atoms with Crippen molar-refractivity contribution in [2.24, 2.45) is 0 Å². The number of nitrogens with one attached hydrogen (secondary N) is 2. The number of aliphatic carboxylic acids is 1. The van der Waals surface area contributed by atoms with Gasteiger partial charge in [0.15, 0.2) is 6.04 Å². The fourth-order valence-electron chi connectivity index (χ4n) is 1.50. The lowest BCUT2D eigenvalue weighted by atomic mass is 10.1. The lowest BCUT2D eigenvalue weighted by Gasteiger charge is -2.15. The number of rotatable bonds is 6. The van der Waals surface area contributed by atoms with Crippen molar-refractivity contribution in [1.29, 1.82) is 0 Å². The fourth-order valence-corrected chi connectivity index (χ4v) is 1.50. The number of carboxylic acid groups (broad SMARTS) is 1. The molecule has 3 N–H and O–H groups in total. The van der Waals surface area contributed by atoms with Crippen molar-refractivity contribution >= 4 is 18.0 Å². The molecule has 2 amide bonds. The van der Waals surface area contributed by atoms with Crippen molar-refractivity contribution in [2.75, 3.05) is 13.7 Å². The molecule has 0 aliphatic rings. The Balaban J connectivity index is 2.53. The Morgan fingerprint density at radius 1 is 1.25 bits per heavy atom. The molecule has 0 radical (unpaired) electrons. The molecule has 7 nitrogen and oxygen atoms in total. The molecular weight excluding hydrogens is 264 g/mol. The summed E-state index contributed by atoms with van der Waals surface area (Å²) in [5, 5.41) is 13.8. The molecule has 0 saturated heterocycles. The van der Waals surface area contributed by atoms with Crippen LogP contribution in [0.5, 0.6) is 0 Å². The molecular formula is C13H16N2O5. The van der Waals surface area contributed by atoms with E-state index < -0.39 is 24.0 Å². The zero-order chi connectivity index (χ0) is 15.0. The first kappa shape index (κ1) is 15.5. The number of carbonyl (C=O) groups is 3. The van der Waals surface area contributed by atoms with E-state index in [4.69, 9.17) is 5.11 Å². The summed E-state index contributed by atoms with van der Waals surface area (Å²) < 4.78 is 4.42. The molecule has 1 atom stereocenters. The molecule has 0 aromatic heterocycles. The lowest BCUT2D eigenvalue weighted by Crippen LogP contribution is -2.41. The van der Waals surface area contributed by atoms with Crippen LogP contribution in [0.1, 0.15) is 18.0 Å². The normalized spacial score (nSPS) is 11.2. The van der Waals surface area contributed by atoms with Crippen LogP contribution in [-0.4, -0.2) is 36.7 Å². The molecule has 108 valence electrons. The Hall–Kier alpha value is -2.57. The number of urea groups is 1. The van der Waals surface area contributed by atoms with Crippen LogP contribution in [0, 0.1) is 0 Å². The highest BCUT2D eigenvalue weighted by atomic mass is 16.5. The number of benzene rings is 1. The van der Waals surface area contributed by atoms with Gasteiger partial charge >= 0.3 is 18.0 Å². The lowest BCUT2D eigenvalue weighted by molar-refractivity contribution is -0.141. The molecule has 0 spiro atoms. The summed E-state index contributed by atoms with van der Waals surface area (Å²) in [6.07, 6.45) is 0.0208. The van der Waals surface area contributed by atoms with Crippen molar-refractivity contribution in [2.45, 2.75) is 12.5 Å². The second-order valence-electron chi connectivity index (χ2n) is 3.91. The molecule has 0 aliphatic heterocycles. The number of carboxylic acids is 1. The van der Waals surface area contributed by atoms with Gasteiger partial charge < -0.3 is 20.5 Å². The highest BCUT2D eigenvalue weighted by Crippen LogP contribution is 2.12. The number of amides is 2. The van der Waals surface area contributed by atoms with E-state index in [0.29, 0.717) is 5.56 Å². The maximum absolute atomic E-state index is 11.6. The average molecular weight is 280 g/mol. The van der Waals surface area contributed by atoms with Crippen LogP contribution in [0.4, 0.5) is 4.79 Å². The first-order chi connectivity index (χ1) is 9.54. The standard InChI is InChI=1S/C13H16N2O5/c1-20-10(16)7-8-14-13(19)15-11(12(17)18)9-5-3-2-4-6-9/h2-6,11H,7-8H2,1H3,(H,17,18)(H2,14,15,19). The van der Waals surface area contributed by atoms with E-state index in [2.05, 4.69) is 15.4 Å². The highest BCUT2D eigenvalue weighted by Gasteiger charge is 2.21. The third-order valence-corrected chi connectivity index (χ3v) is 2.50. The number of ether oxygens (including phenoxy) is 1. The van der Waals surface area contributed by atoms with Crippen molar-refractivity contribution in [1.82, 2.24) is 10.6 Å². The van der Waals surface area contributed by atoms with Crippen molar-refractivity contribution in [3.05, 3.63) is 35.9 Å². The minimum absolute atomic E-state index is 0.0208. The van der Waals surface area contributed by atoms with Gasteiger partial charge in [-0.3, -0.25) is 4.79 Å². The van der Waals surface area contributed by atoms with Crippen LogP contribution < -0.4 is 10.6 Å². The van der Waals surface area contributed by atoms with Gasteiger partial charge in [0.2, 0.25) is 0 Å². The van der Waals surface area contributed by atoms with E-state index in [1.165, 1.54) is 7.11 Å². The maximum atomic E-state index is 11.6. The van der Waals surface area contributed by atoms with Gasteiger partial charge in [0, 0.05) is 6.54 Å². The number of esters is 1. The molecule has 1 aromatic rings. The Bertz CT molecular complexity index is 475. The minimum atomic E-state index is -1.17. The summed E-state index contributed by atoms with van der Waals surface area (Å²) in [5.41, 5.74) is 0.461. The summed E-state index contributed by atoms with van der Waals surface area (Å²) >= 11 is 0. The summed E-state index contributed by atoms with van der Waals surface area (Å²) in [5.74, 6) is -1.62. The number of carbonyl (C=O) groups excluding carboxylic acids is 2. The Morgan fingerprint density at radius 2 is 1.90 bits per heavy atom. The summed E-state index contributed by atoms with van der Waals surface area (Å²) in [7, 11) is 1.25. The molecule has 1 rings (SSSR count). The maximum Gasteiger partial charge on any atom is 0.330 e. The van der Waals surface area contributed by atoms with Gasteiger partial charge in [-0.15, -0.1) is 0 Å². The molecule has 0 bridgehead atoms. The topological polar surface area (TPSA) is 105 Å². The SMILES string of the molecule is COC(=O)CCNC(=O)NC(C(=O)O)c1ccccc1. The summed E-state index contributed by atoms with van der Waals surface area (Å²) in [6, 6.07) is 6.52. The van der Waals surface area contributed by atoms with Crippen LogP contribution in [0.25, 0.3) is 0 Å². The molecule has 20 heavy (non-hydrogen) atoms. The van der Waals surface area contributed by atoms with Crippen molar-refractivity contribution in [3.8, 4) is 0 Å². The van der Waals surface area contributed by atoms with Gasteiger partial charge in [-0.25, -0.2) is 9.59 Å². The zero-order valence-electron chi connectivity index (χ0n) is 11.0. The summed E-state index contributed by atoms with van der Waals surface area (Å²) in [4.78, 5) is 33.6. The van der Waals surface area contributed by atoms with Gasteiger partial charge in [0.05, 0.1) is 13.5 Å². The molecule has 0 saturated carbocycles. The monoisotopic (exact) mass is 280 g/mol. The predicted molar refractivity (Wildman–Crippen MR) is 70.0 cm³/mol. The van der Waals surface area contributed by atoms with Crippen LogP contribution in [0.2, 0.25) is 0 Å². The van der Waals surface area contributed by atoms with E-state index in [1.54, 1.807) is 30.3 Å². The first-order valence-corrected chi connectivity index (χ1v) is 5.93. The van der Waals surface area contributed by atoms with Gasteiger partial charge in [-0.05, 0) is 5.56 Å². The Kier molecular flexibility index (Phi) is 6.02. The van der Waals surface area contributed by atoms with Crippen LogP contribution in [0.3, 0.4) is 0 Å². The smallest absolute Gasteiger partial charge is 0.330 e. The van der Waals surface area contributed by atoms with E-state index >= 15 is 0 Å². The van der Waals surface area contributed by atoms with Gasteiger partial charge in [0.25, 0.3) is 0 Å². The first-order valence-electron chi connectivity index (χ1n) is 5.93. The van der Waals surface area contributed by atoms with E-state index in [-0.39, 0.29) is 13.0 Å². The predicted octanol–water partition coefficient (Wildman–Crippen LogP) is 0.675. The molecule has 0 aliphatic carbocycles. The third kappa shape index (κ3) is 4.97. The van der Waals surface area contributed by atoms with Crippen molar-refractivity contribution in [3.63, 3.8) is 0 Å². The van der Waals surface area contributed by atoms with Crippen LogP contribution in [-0.2, 0) is 14.3 Å². The zero-order valence-corrected chi connectivity index (χ0v) is 11.0. The molecule has 1 unspecified atom stereocenters. The quantitative estimate of drug-likeness (QED) is 0.664. The highest BCUT2D eigenvalue weighted by molar-refractivity contribution is 5.83. The largest absolute Gasteiger partial charge is 0.479 e. The fraction of sp³-hybridized carbons (Fsp3) is 0.308. The van der Waals surface area contributed by atoms with E-state index in [0.717, 1.165) is 0 Å². The second kappa shape index (κ2) is 7.78. The second-order valence-corrected chi connectivity index (χ2v) is 3.91. The third-order valence-electron chi connectivity index (χ3n) is 2.50.